The molecule has 1 aromatic rings. The maximum atomic E-state index is 12.5. The Labute approximate surface area is 124 Å². The first-order valence-electron chi connectivity index (χ1n) is 8.10. The normalized spacial score (nSPS) is 15.1. The van der Waals surface area contributed by atoms with Crippen molar-refractivity contribution in [3.05, 3.63) is 34.2 Å². The van der Waals surface area contributed by atoms with Gasteiger partial charge in [-0.25, -0.2) is 0 Å². The van der Waals surface area contributed by atoms with E-state index in [0.29, 0.717) is 0 Å². The van der Waals surface area contributed by atoms with Crippen LogP contribution in [0.1, 0.15) is 79.2 Å². The summed E-state index contributed by atoms with van der Waals surface area (Å²) in [4.78, 5) is 12.5. The maximum absolute atomic E-state index is 12.5. The molecule has 0 aliphatic heterocycles. The molecular formula is C18H31NO. The van der Waals surface area contributed by atoms with Crippen molar-refractivity contribution in [3.63, 3.8) is 0 Å². The van der Waals surface area contributed by atoms with E-state index in [1.54, 1.807) is 0 Å². The molecule has 0 aliphatic rings. The number of hydrogen-bond donors (Lipinski definition) is 0. The van der Waals surface area contributed by atoms with Crippen molar-refractivity contribution in [2.24, 2.45) is 0 Å². The van der Waals surface area contributed by atoms with Crippen LogP contribution in [0.4, 0.5) is 0 Å². The highest BCUT2D eigenvalue weighted by Gasteiger charge is 2.27. The summed E-state index contributed by atoms with van der Waals surface area (Å²) in [6, 6.07) is 4.02. The van der Waals surface area contributed by atoms with E-state index in [4.69, 9.17) is 0 Å². The minimum atomic E-state index is -0.0665. The molecule has 1 heterocycles. The average Bonchev–Trinajstić information content (AvgIpc) is 2.46. The second kappa shape index (κ2) is 6.60. The van der Waals surface area contributed by atoms with Gasteiger partial charge in [-0.1, -0.05) is 41.0 Å². The minimum absolute atomic E-state index is 0.0665. The van der Waals surface area contributed by atoms with Crippen molar-refractivity contribution in [3.8, 4) is 0 Å². The Morgan fingerprint density at radius 2 is 1.65 bits per heavy atom. The van der Waals surface area contributed by atoms with Crippen LogP contribution in [0.3, 0.4) is 0 Å². The Kier molecular flexibility index (Phi) is 5.61. The second-order valence-corrected chi connectivity index (χ2v) is 6.49. The highest BCUT2D eigenvalue weighted by atomic mass is 16.1. The molecule has 1 aromatic heterocycles. The van der Waals surface area contributed by atoms with Crippen LogP contribution >= 0.6 is 0 Å². The third-order valence-corrected chi connectivity index (χ3v) is 5.30. The van der Waals surface area contributed by atoms with Gasteiger partial charge in [0.2, 0.25) is 0 Å². The molecule has 2 nitrogen and oxygen atoms in total. The van der Waals surface area contributed by atoms with Gasteiger partial charge in [-0.15, -0.1) is 0 Å². The average molecular weight is 277 g/mol. The van der Waals surface area contributed by atoms with Gasteiger partial charge in [-0.2, -0.15) is 0 Å². The lowest BCUT2D eigenvalue weighted by Crippen LogP contribution is -2.38. The van der Waals surface area contributed by atoms with E-state index in [9.17, 15) is 4.79 Å². The number of rotatable bonds is 7. The monoisotopic (exact) mass is 277 g/mol. The Bertz CT molecular complexity index is 484. The van der Waals surface area contributed by atoms with Gasteiger partial charge < -0.3 is 4.57 Å². The molecule has 1 atom stereocenters. The minimum Gasteiger partial charge on any atom is -0.310 e. The van der Waals surface area contributed by atoms with Crippen LogP contribution in [0.25, 0.3) is 0 Å². The summed E-state index contributed by atoms with van der Waals surface area (Å²) in [5.41, 5.74) is 1.40. The van der Waals surface area contributed by atoms with E-state index in [0.717, 1.165) is 32.1 Å². The zero-order valence-corrected chi connectivity index (χ0v) is 14.1. The van der Waals surface area contributed by atoms with Crippen molar-refractivity contribution in [2.75, 3.05) is 0 Å². The SMILES string of the molecule is CCCC(C)(CC)c1ccn(C(C)(CC)CC)c(=O)c1. The zero-order valence-electron chi connectivity index (χ0n) is 14.1. The summed E-state index contributed by atoms with van der Waals surface area (Å²) in [7, 11) is 0. The van der Waals surface area contributed by atoms with Gasteiger partial charge in [0.25, 0.3) is 5.56 Å². The molecule has 114 valence electrons. The van der Waals surface area contributed by atoms with E-state index in [1.165, 1.54) is 5.56 Å². The highest BCUT2D eigenvalue weighted by Crippen LogP contribution is 2.32. The van der Waals surface area contributed by atoms with Gasteiger partial charge in [-0.05, 0) is 49.7 Å². The lowest BCUT2D eigenvalue weighted by molar-refractivity contribution is 0.284. The molecule has 2 heteroatoms. The van der Waals surface area contributed by atoms with Gasteiger partial charge >= 0.3 is 0 Å². The van der Waals surface area contributed by atoms with Crippen molar-refractivity contribution >= 4 is 0 Å². The molecule has 0 fully saturated rings. The lowest BCUT2D eigenvalue weighted by atomic mass is 9.77. The van der Waals surface area contributed by atoms with Gasteiger partial charge in [0, 0.05) is 17.8 Å². The topological polar surface area (TPSA) is 22.0 Å². The fourth-order valence-electron chi connectivity index (χ4n) is 2.97. The summed E-state index contributed by atoms with van der Waals surface area (Å²) in [6.45, 7) is 13.2. The Morgan fingerprint density at radius 3 is 2.05 bits per heavy atom. The number of nitrogens with zero attached hydrogens (tertiary/aromatic N) is 1. The first-order valence-corrected chi connectivity index (χ1v) is 8.10. The molecule has 0 aliphatic carbocycles. The van der Waals surface area contributed by atoms with Crippen LogP contribution < -0.4 is 5.56 Å². The Balaban J connectivity index is 3.26. The van der Waals surface area contributed by atoms with Crippen molar-refractivity contribution in [1.29, 1.82) is 0 Å². The molecule has 0 N–H and O–H groups in total. The van der Waals surface area contributed by atoms with Crippen LogP contribution in [0.15, 0.2) is 23.1 Å². The van der Waals surface area contributed by atoms with Crippen LogP contribution in [0.2, 0.25) is 0 Å². The summed E-state index contributed by atoms with van der Waals surface area (Å²) < 4.78 is 1.92. The van der Waals surface area contributed by atoms with E-state index in [2.05, 4.69) is 47.6 Å². The van der Waals surface area contributed by atoms with Crippen LogP contribution in [0.5, 0.6) is 0 Å². The fraction of sp³-hybridized carbons (Fsp3) is 0.722. The van der Waals surface area contributed by atoms with Gasteiger partial charge in [-0.3, -0.25) is 4.79 Å². The predicted molar refractivity (Wildman–Crippen MR) is 87.5 cm³/mol. The van der Waals surface area contributed by atoms with Gasteiger partial charge in [0.15, 0.2) is 0 Å². The van der Waals surface area contributed by atoms with Gasteiger partial charge in [0.05, 0.1) is 0 Å². The Morgan fingerprint density at radius 1 is 1.05 bits per heavy atom. The molecule has 0 spiro atoms. The van der Waals surface area contributed by atoms with Gasteiger partial charge in [0.1, 0.15) is 0 Å². The van der Waals surface area contributed by atoms with Crippen molar-refractivity contribution in [1.82, 2.24) is 4.57 Å². The molecule has 0 saturated carbocycles. The number of pyridine rings is 1. The highest BCUT2D eigenvalue weighted by molar-refractivity contribution is 5.22. The largest absolute Gasteiger partial charge is 0.310 e. The fourth-order valence-corrected chi connectivity index (χ4v) is 2.97. The molecule has 0 saturated heterocycles. The quantitative estimate of drug-likeness (QED) is 0.698. The molecule has 1 rings (SSSR count). The van der Waals surface area contributed by atoms with E-state index in [1.807, 2.05) is 16.8 Å². The zero-order chi connectivity index (χ0) is 15.4. The molecule has 1 unspecified atom stereocenters. The lowest BCUT2D eigenvalue weighted by Gasteiger charge is -2.32. The van der Waals surface area contributed by atoms with E-state index < -0.39 is 0 Å². The summed E-state index contributed by atoms with van der Waals surface area (Å²) in [5.74, 6) is 0. The van der Waals surface area contributed by atoms with Crippen LogP contribution in [-0.2, 0) is 11.0 Å². The molecular weight excluding hydrogens is 246 g/mol. The predicted octanol–water partition coefficient (Wildman–Crippen LogP) is 4.85. The summed E-state index contributed by atoms with van der Waals surface area (Å²) >= 11 is 0. The second-order valence-electron chi connectivity index (χ2n) is 6.49. The molecule has 0 bridgehead atoms. The Hall–Kier alpha value is -1.05. The first-order chi connectivity index (χ1) is 9.36. The number of aromatic nitrogens is 1. The first kappa shape index (κ1) is 17.0. The third kappa shape index (κ3) is 3.16. The maximum Gasteiger partial charge on any atom is 0.251 e. The third-order valence-electron chi connectivity index (χ3n) is 5.30. The standard InChI is InChI=1S/C18H31NO/c1-7-12-17(5,8-2)15-11-13-19(16(20)14-15)18(6,9-3)10-4/h11,13-14H,7-10,12H2,1-6H3. The van der Waals surface area contributed by atoms with Crippen LogP contribution in [-0.4, -0.2) is 4.57 Å². The summed E-state index contributed by atoms with van der Waals surface area (Å²) in [5, 5.41) is 0. The smallest absolute Gasteiger partial charge is 0.251 e. The summed E-state index contributed by atoms with van der Waals surface area (Å²) in [6.07, 6.45) is 7.31. The molecule has 0 amide bonds. The van der Waals surface area contributed by atoms with E-state index >= 15 is 0 Å². The molecule has 20 heavy (non-hydrogen) atoms. The van der Waals surface area contributed by atoms with Crippen molar-refractivity contribution < 1.29 is 0 Å². The van der Waals surface area contributed by atoms with E-state index in [-0.39, 0.29) is 16.5 Å². The number of hydrogen-bond acceptors (Lipinski definition) is 1. The van der Waals surface area contributed by atoms with Crippen LogP contribution in [0, 0.1) is 0 Å². The molecule has 0 aromatic carbocycles. The molecule has 0 radical (unpaired) electrons. The van der Waals surface area contributed by atoms with Crippen molar-refractivity contribution in [2.45, 2.75) is 84.6 Å².